The number of rotatable bonds is 4. The fourth-order valence-corrected chi connectivity index (χ4v) is 9.28. The van der Waals surface area contributed by atoms with Gasteiger partial charge in [-0.2, -0.15) is 0 Å². The molecule has 3 aliphatic rings. The molecule has 2 saturated carbocycles. The molecule has 170 valence electrons. The van der Waals surface area contributed by atoms with Crippen molar-refractivity contribution < 1.29 is 9.18 Å². The van der Waals surface area contributed by atoms with E-state index >= 15 is 0 Å². The van der Waals surface area contributed by atoms with Gasteiger partial charge in [0.1, 0.15) is 12.4 Å². The molecule has 2 bridgehead atoms. The maximum Gasteiger partial charge on any atom is 0.308 e. The van der Waals surface area contributed by atoms with Crippen molar-refractivity contribution in [3.05, 3.63) is 79.5 Å². The summed E-state index contributed by atoms with van der Waals surface area (Å²) in [6, 6.07) is 13.7. The molecule has 2 aliphatic carbocycles. The molecular weight excluding hydrogens is 479 g/mol. The van der Waals surface area contributed by atoms with Crippen molar-refractivity contribution in [3.8, 4) is 0 Å². The monoisotopic (exact) mass is 500 g/mol. The van der Waals surface area contributed by atoms with E-state index in [9.17, 15) is 14.0 Å². The zero-order chi connectivity index (χ0) is 22.7. The molecule has 1 amide bonds. The molecule has 6 rings (SSSR count). The number of aromatic nitrogens is 1. The first-order chi connectivity index (χ1) is 16.0. The summed E-state index contributed by atoms with van der Waals surface area (Å²) in [4.78, 5) is 26.8. The summed E-state index contributed by atoms with van der Waals surface area (Å²) in [5.74, 6) is 1.39. The van der Waals surface area contributed by atoms with Crippen molar-refractivity contribution in [1.82, 2.24) is 4.57 Å². The van der Waals surface area contributed by atoms with Crippen molar-refractivity contribution in [3.63, 3.8) is 0 Å². The summed E-state index contributed by atoms with van der Waals surface area (Å²) in [5.41, 5.74) is 1.71. The zero-order valence-electron chi connectivity index (χ0n) is 17.7. The van der Waals surface area contributed by atoms with Gasteiger partial charge in [-0.1, -0.05) is 35.1 Å². The number of fused-ring (bicyclic) bond motifs is 6. The minimum Gasteiger partial charge on any atom is -0.325 e. The van der Waals surface area contributed by atoms with E-state index < -0.39 is 0 Å². The number of carbonyl (C=O) groups is 1. The van der Waals surface area contributed by atoms with Crippen LogP contribution in [-0.2, 0) is 11.3 Å². The SMILES string of the molecule is O=C(Cn1c2c(sc1=O)C(c1ccc(Cl)cc1)C1C3CCC(C3)C1S2)Nc1ccc(F)cc1. The van der Waals surface area contributed by atoms with Gasteiger partial charge in [0, 0.05) is 26.8 Å². The van der Waals surface area contributed by atoms with E-state index in [1.165, 1.54) is 60.4 Å². The highest BCUT2D eigenvalue weighted by Crippen LogP contribution is 2.64. The average Bonchev–Trinajstić information content (AvgIpc) is 3.49. The number of anilines is 1. The number of nitrogens with one attached hydrogen (secondary N) is 1. The molecule has 0 saturated heterocycles. The summed E-state index contributed by atoms with van der Waals surface area (Å²) in [6.07, 6.45) is 3.78. The van der Waals surface area contributed by atoms with E-state index in [0.29, 0.717) is 33.7 Å². The van der Waals surface area contributed by atoms with Gasteiger partial charge in [-0.05, 0) is 79.0 Å². The number of thioether (sulfide) groups is 1. The molecule has 5 atom stereocenters. The minimum atomic E-state index is -0.360. The summed E-state index contributed by atoms with van der Waals surface area (Å²) in [7, 11) is 0. The molecule has 2 fully saturated rings. The molecule has 1 N–H and O–H groups in total. The van der Waals surface area contributed by atoms with Crippen LogP contribution in [0.25, 0.3) is 0 Å². The van der Waals surface area contributed by atoms with E-state index in [1.54, 1.807) is 4.57 Å². The largest absolute Gasteiger partial charge is 0.325 e. The molecule has 1 aliphatic heterocycles. The van der Waals surface area contributed by atoms with Gasteiger partial charge in [0.2, 0.25) is 5.91 Å². The molecule has 0 spiro atoms. The van der Waals surface area contributed by atoms with Crippen molar-refractivity contribution >= 4 is 46.3 Å². The average molecular weight is 501 g/mol. The van der Waals surface area contributed by atoms with Crippen LogP contribution < -0.4 is 10.2 Å². The van der Waals surface area contributed by atoms with Crippen molar-refractivity contribution in [2.75, 3.05) is 5.32 Å². The fourth-order valence-electron chi connectivity index (χ4n) is 6.01. The van der Waals surface area contributed by atoms with E-state index in [1.807, 2.05) is 23.9 Å². The van der Waals surface area contributed by atoms with Crippen LogP contribution in [0, 0.1) is 23.6 Å². The Kier molecular flexibility index (Phi) is 5.39. The second kappa shape index (κ2) is 8.29. The number of amides is 1. The number of hydrogen-bond acceptors (Lipinski definition) is 4. The smallest absolute Gasteiger partial charge is 0.308 e. The van der Waals surface area contributed by atoms with Gasteiger partial charge in [-0.3, -0.25) is 14.2 Å². The highest BCUT2D eigenvalue weighted by atomic mass is 35.5. The maximum absolute atomic E-state index is 13.2. The third-order valence-electron chi connectivity index (χ3n) is 7.35. The van der Waals surface area contributed by atoms with E-state index in [2.05, 4.69) is 17.4 Å². The van der Waals surface area contributed by atoms with Gasteiger partial charge < -0.3 is 5.32 Å². The van der Waals surface area contributed by atoms with Crippen LogP contribution in [-0.4, -0.2) is 15.7 Å². The number of hydrogen-bond donors (Lipinski definition) is 1. The van der Waals surface area contributed by atoms with Gasteiger partial charge in [0.25, 0.3) is 0 Å². The highest BCUT2D eigenvalue weighted by Gasteiger charge is 2.55. The topological polar surface area (TPSA) is 51.1 Å². The van der Waals surface area contributed by atoms with Crippen LogP contribution >= 0.6 is 34.7 Å². The lowest BCUT2D eigenvalue weighted by Crippen LogP contribution is -2.34. The predicted octanol–water partition coefficient (Wildman–Crippen LogP) is 5.99. The third kappa shape index (κ3) is 3.74. The minimum absolute atomic E-state index is 0.0478. The summed E-state index contributed by atoms with van der Waals surface area (Å²) in [5, 5.41) is 4.89. The Morgan fingerprint density at radius 1 is 1.09 bits per heavy atom. The Morgan fingerprint density at radius 2 is 1.82 bits per heavy atom. The quantitative estimate of drug-likeness (QED) is 0.478. The molecule has 8 heteroatoms. The molecule has 2 heterocycles. The van der Waals surface area contributed by atoms with Gasteiger partial charge in [-0.15, -0.1) is 11.8 Å². The van der Waals surface area contributed by atoms with E-state index in [4.69, 9.17) is 11.6 Å². The second-order valence-corrected chi connectivity index (χ2v) is 11.8. The van der Waals surface area contributed by atoms with Gasteiger partial charge in [0.05, 0.1) is 5.03 Å². The Hall–Kier alpha value is -2.09. The predicted molar refractivity (Wildman–Crippen MR) is 131 cm³/mol. The molecule has 4 nitrogen and oxygen atoms in total. The lowest BCUT2D eigenvalue weighted by molar-refractivity contribution is -0.116. The first kappa shape index (κ1) is 21.4. The van der Waals surface area contributed by atoms with Crippen LogP contribution in [0.15, 0.2) is 58.4 Å². The Morgan fingerprint density at radius 3 is 2.58 bits per heavy atom. The normalized spacial score (nSPS) is 27.3. The Bertz CT molecular complexity index is 1270. The van der Waals surface area contributed by atoms with Gasteiger partial charge >= 0.3 is 4.87 Å². The first-order valence-corrected chi connectivity index (χ1v) is 13.3. The summed E-state index contributed by atoms with van der Waals surface area (Å²) < 4.78 is 14.8. The van der Waals surface area contributed by atoms with Gasteiger partial charge in [0.15, 0.2) is 0 Å². The van der Waals surface area contributed by atoms with Crippen molar-refractivity contribution in [1.29, 1.82) is 0 Å². The molecule has 33 heavy (non-hydrogen) atoms. The Balaban J connectivity index is 1.36. The molecule has 0 radical (unpaired) electrons. The standard InChI is InChI=1S/C25H22ClFN2O2S2/c26-16-5-3-13(4-6-16)20-21-14-1-2-15(11-14)22(21)32-24-23(20)33-25(31)29(24)12-19(30)28-18-9-7-17(27)8-10-18/h3-10,14-15,20-22H,1-2,11-12H2,(H,28,30). The lowest BCUT2D eigenvalue weighted by Gasteiger charge is -2.40. The van der Waals surface area contributed by atoms with Crippen LogP contribution in [0.3, 0.4) is 0 Å². The summed E-state index contributed by atoms with van der Waals surface area (Å²) in [6.45, 7) is -0.0478. The maximum atomic E-state index is 13.2. The molecule has 3 aromatic rings. The van der Waals surface area contributed by atoms with Crippen LogP contribution in [0.5, 0.6) is 0 Å². The highest BCUT2D eigenvalue weighted by molar-refractivity contribution is 8.00. The fraction of sp³-hybridized carbons (Fsp3) is 0.360. The molecular formula is C25H22ClFN2O2S2. The summed E-state index contributed by atoms with van der Waals surface area (Å²) >= 11 is 9.25. The number of halogens is 2. The van der Waals surface area contributed by atoms with Crippen LogP contribution in [0.4, 0.5) is 10.1 Å². The first-order valence-electron chi connectivity index (χ1n) is 11.2. The van der Waals surface area contributed by atoms with E-state index in [-0.39, 0.29) is 29.1 Å². The molecule has 5 unspecified atom stereocenters. The third-order valence-corrected chi connectivity index (χ3v) is 10.4. The van der Waals surface area contributed by atoms with Crippen molar-refractivity contribution in [2.45, 2.75) is 42.0 Å². The number of nitrogens with zero attached hydrogens (tertiary/aromatic N) is 1. The number of benzene rings is 2. The molecule has 2 aromatic carbocycles. The number of thiazole rings is 1. The van der Waals surface area contributed by atoms with Gasteiger partial charge in [-0.25, -0.2) is 4.39 Å². The van der Waals surface area contributed by atoms with E-state index in [0.717, 1.165) is 9.90 Å². The zero-order valence-corrected chi connectivity index (χ0v) is 20.1. The van der Waals surface area contributed by atoms with Crippen LogP contribution in [0.1, 0.15) is 35.6 Å². The van der Waals surface area contributed by atoms with Crippen molar-refractivity contribution in [2.24, 2.45) is 17.8 Å². The second-order valence-electron chi connectivity index (χ2n) is 9.20. The van der Waals surface area contributed by atoms with Crippen LogP contribution in [0.2, 0.25) is 5.02 Å². The number of carbonyl (C=O) groups excluding carboxylic acids is 1. The molecule has 1 aromatic heterocycles. The Labute approximate surface area is 204 Å². The lowest BCUT2D eigenvalue weighted by atomic mass is 9.75.